The summed E-state index contributed by atoms with van der Waals surface area (Å²) in [5.74, 6) is -1.39. The minimum absolute atomic E-state index is 0.0114. The number of nitrogens with one attached hydrogen (secondary N) is 1. The third-order valence-electron chi connectivity index (χ3n) is 4.20. The number of nitrogens with zero attached hydrogens (tertiary/aromatic N) is 1. The first-order chi connectivity index (χ1) is 8.53. The van der Waals surface area contributed by atoms with Gasteiger partial charge >= 0.3 is 0 Å². The normalized spacial score (nSPS) is 28.1. The number of imidazole rings is 1. The van der Waals surface area contributed by atoms with Crippen molar-refractivity contribution < 1.29 is 8.78 Å². The van der Waals surface area contributed by atoms with Crippen molar-refractivity contribution in [3.63, 3.8) is 0 Å². The van der Waals surface area contributed by atoms with Crippen LogP contribution in [0.25, 0.3) is 0 Å². The van der Waals surface area contributed by atoms with Crippen LogP contribution in [0.2, 0.25) is 0 Å². The Morgan fingerprint density at radius 2 is 1.94 bits per heavy atom. The number of aromatic nitrogens is 2. The monoisotopic (exact) mass is 255 g/mol. The largest absolute Gasteiger partial charge is 0.345 e. The van der Waals surface area contributed by atoms with E-state index in [9.17, 15) is 8.78 Å². The van der Waals surface area contributed by atoms with E-state index in [2.05, 4.69) is 9.97 Å². The number of hydrogen-bond acceptors (Lipinski definition) is 2. The van der Waals surface area contributed by atoms with Gasteiger partial charge in [0, 0.05) is 36.9 Å². The molecule has 1 fully saturated rings. The fourth-order valence-corrected chi connectivity index (χ4v) is 3.04. The lowest BCUT2D eigenvalue weighted by atomic mass is 9.86. The highest BCUT2D eigenvalue weighted by Gasteiger charge is 2.36. The van der Waals surface area contributed by atoms with Crippen LogP contribution in [0, 0.1) is 0 Å². The van der Waals surface area contributed by atoms with Crippen LogP contribution in [0.4, 0.5) is 8.78 Å². The van der Waals surface area contributed by atoms with E-state index in [1.807, 2.05) is 0 Å². The molecular formula is C13H19F2N3. The van der Waals surface area contributed by atoms with Gasteiger partial charge in [0.2, 0.25) is 5.92 Å². The molecule has 0 radical (unpaired) electrons. The fraction of sp³-hybridized carbons (Fsp3) is 0.769. The van der Waals surface area contributed by atoms with Gasteiger partial charge in [-0.25, -0.2) is 13.8 Å². The van der Waals surface area contributed by atoms with Crippen molar-refractivity contribution in [2.24, 2.45) is 5.73 Å². The Labute approximate surface area is 105 Å². The van der Waals surface area contributed by atoms with Crippen molar-refractivity contribution >= 4 is 0 Å². The van der Waals surface area contributed by atoms with Crippen molar-refractivity contribution in [1.82, 2.24) is 9.97 Å². The highest BCUT2D eigenvalue weighted by atomic mass is 19.3. The van der Waals surface area contributed by atoms with Gasteiger partial charge in [0.15, 0.2) is 0 Å². The van der Waals surface area contributed by atoms with Crippen LogP contribution in [0.1, 0.15) is 55.2 Å². The Morgan fingerprint density at radius 1 is 1.22 bits per heavy atom. The maximum Gasteiger partial charge on any atom is 0.248 e. The smallest absolute Gasteiger partial charge is 0.248 e. The van der Waals surface area contributed by atoms with E-state index in [0.29, 0.717) is 12.8 Å². The van der Waals surface area contributed by atoms with Crippen molar-refractivity contribution in [3.05, 3.63) is 17.2 Å². The lowest BCUT2D eigenvalue weighted by Crippen LogP contribution is -2.27. The molecule has 1 saturated carbocycles. The average Bonchev–Trinajstić information content (AvgIpc) is 2.71. The molecule has 100 valence electrons. The van der Waals surface area contributed by atoms with Crippen LogP contribution in [-0.2, 0) is 12.8 Å². The Hall–Kier alpha value is -0.970. The van der Waals surface area contributed by atoms with E-state index < -0.39 is 5.92 Å². The van der Waals surface area contributed by atoms with E-state index in [1.165, 1.54) is 0 Å². The SMILES string of the molecule is N[C@@H]1CCc2nc(C3CCC(F)(F)CC3)[nH]c2C1. The number of rotatable bonds is 1. The minimum Gasteiger partial charge on any atom is -0.345 e. The van der Waals surface area contributed by atoms with Crippen LogP contribution >= 0.6 is 0 Å². The summed E-state index contributed by atoms with van der Waals surface area (Å²) in [5, 5.41) is 0. The van der Waals surface area contributed by atoms with Gasteiger partial charge < -0.3 is 10.7 Å². The second kappa shape index (κ2) is 4.30. The summed E-state index contributed by atoms with van der Waals surface area (Å²) in [4.78, 5) is 7.93. The molecule has 18 heavy (non-hydrogen) atoms. The number of nitrogens with two attached hydrogens (primary N) is 1. The highest BCUT2D eigenvalue weighted by Crippen LogP contribution is 2.40. The molecule has 3 rings (SSSR count). The van der Waals surface area contributed by atoms with Gasteiger partial charge in [-0.15, -0.1) is 0 Å². The number of fused-ring (bicyclic) bond motifs is 1. The van der Waals surface area contributed by atoms with Gasteiger partial charge in [-0.3, -0.25) is 0 Å². The molecule has 5 heteroatoms. The number of halogens is 2. The zero-order valence-corrected chi connectivity index (χ0v) is 10.4. The predicted molar refractivity (Wildman–Crippen MR) is 64.7 cm³/mol. The first-order valence-electron chi connectivity index (χ1n) is 6.74. The van der Waals surface area contributed by atoms with Gasteiger partial charge in [-0.2, -0.15) is 0 Å². The van der Waals surface area contributed by atoms with Crippen LogP contribution in [-0.4, -0.2) is 21.9 Å². The quantitative estimate of drug-likeness (QED) is 0.810. The maximum atomic E-state index is 13.1. The van der Waals surface area contributed by atoms with Gasteiger partial charge in [-0.1, -0.05) is 0 Å². The molecule has 0 saturated heterocycles. The van der Waals surface area contributed by atoms with Gasteiger partial charge in [0.25, 0.3) is 0 Å². The Morgan fingerprint density at radius 3 is 2.67 bits per heavy atom. The van der Waals surface area contributed by atoms with E-state index >= 15 is 0 Å². The molecule has 0 spiro atoms. The van der Waals surface area contributed by atoms with E-state index in [0.717, 1.165) is 36.5 Å². The summed E-state index contributed by atoms with van der Waals surface area (Å²) in [6.45, 7) is 0. The summed E-state index contributed by atoms with van der Waals surface area (Å²) < 4.78 is 26.2. The van der Waals surface area contributed by atoms with Crippen LogP contribution < -0.4 is 5.73 Å². The second-order valence-electron chi connectivity index (χ2n) is 5.68. The van der Waals surface area contributed by atoms with Gasteiger partial charge in [0.05, 0.1) is 5.69 Å². The summed E-state index contributed by atoms with van der Waals surface area (Å²) in [5.41, 5.74) is 8.15. The molecule has 2 aliphatic carbocycles. The lowest BCUT2D eigenvalue weighted by Gasteiger charge is -2.26. The van der Waals surface area contributed by atoms with Gasteiger partial charge in [-0.05, 0) is 25.7 Å². The molecular weight excluding hydrogens is 236 g/mol. The molecule has 2 aliphatic rings. The van der Waals surface area contributed by atoms with Crippen molar-refractivity contribution in [2.75, 3.05) is 0 Å². The number of aryl methyl sites for hydroxylation is 1. The third kappa shape index (κ3) is 2.28. The molecule has 1 aromatic rings. The molecule has 0 aliphatic heterocycles. The van der Waals surface area contributed by atoms with E-state index in [1.54, 1.807) is 0 Å². The number of H-pyrrole nitrogens is 1. The van der Waals surface area contributed by atoms with E-state index in [-0.39, 0.29) is 24.8 Å². The average molecular weight is 255 g/mol. The molecule has 0 unspecified atom stereocenters. The molecule has 0 bridgehead atoms. The molecule has 1 atom stereocenters. The number of hydrogen-bond donors (Lipinski definition) is 2. The predicted octanol–water partition coefficient (Wildman–Crippen LogP) is 2.52. The maximum absolute atomic E-state index is 13.1. The Bertz CT molecular complexity index is 431. The summed E-state index contributed by atoms with van der Waals surface area (Å²) in [7, 11) is 0. The van der Waals surface area contributed by atoms with Crippen molar-refractivity contribution in [3.8, 4) is 0 Å². The third-order valence-corrected chi connectivity index (χ3v) is 4.20. The molecule has 0 amide bonds. The first kappa shape index (κ1) is 12.1. The topological polar surface area (TPSA) is 54.7 Å². The lowest BCUT2D eigenvalue weighted by molar-refractivity contribution is -0.0387. The van der Waals surface area contributed by atoms with Crippen molar-refractivity contribution in [1.29, 1.82) is 0 Å². The van der Waals surface area contributed by atoms with E-state index in [4.69, 9.17) is 5.73 Å². The molecule has 3 N–H and O–H groups in total. The molecule has 3 nitrogen and oxygen atoms in total. The molecule has 1 aromatic heterocycles. The summed E-state index contributed by atoms with van der Waals surface area (Å²) in [6, 6.07) is 0.210. The highest BCUT2D eigenvalue weighted by molar-refractivity contribution is 5.21. The zero-order valence-electron chi connectivity index (χ0n) is 10.4. The first-order valence-corrected chi connectivity index (χ1v) is 6.74. The van der Waals surface area contributed by atoms with Crippen molar-refractivity contribution in [2.45, 2.75) is 62.8 Å². The van der Waals surface area contributed by atoms with Crippen LogP contribution in [0.15, 0.2) is 0 Å². The summed E-state index contributed by atoms with van der Waals surface area (Å²) >= 11 is 0. The zero-order chi connectivity index (χ0) is 12.8. The van der Waals surface area contributed by atoms with Crippen LogP contribution in [0.3, 0.4) is 0 Å². The Balaban J connectivity index is 1.74. The fourth-order valence-electron chi connectivity index (χ4n) is 3.04. The Kier molecular flexibility index (Phi) is 2.88. The second-order valence-corrected chi connectivity index (χ2v) is 5.68. The standard InChI is InChI=1S/C13H19F2N3/c14-13(15)5-3-8(4-6-13)12-17-10-2-1-9(16)7-11(10)18-12/h8-9H,1-7,16H2,(H,17,18)/t9-/m1/s1. The number of aromatic amines is 1. The summed E-state index contributed by atoms with van der Waals surface area (Å²) in [6.07, 6.45) is 3.77. The number of alkyl halides is 2. The minimum atomic E-state index is -2.47. The van der Waals surface area contributed by atoms with Crippen LogP contribution in [0.5, 0.6) is 0 Å². The molecule has 0 aromatic carbocycles. The van der Waals surface area contributed by atoms with Gasteiger partial charge in [0.1, 0.15) is 5.82 Å². The molecule has 1 heterocycles.